The van der Waals surface area contributed by atoms with Crippen LogP contribution in [0.2, 0.25) is 0 Å². The van der Waals surface area contributed by atoms with Crippen LogP contribution >= 0.6 is 11.3 Å². The molecule has 116 valence electrons. The Kier molecular flexibility index (Phi) is 4.52. The Morgan fingerprint density at radius 1 is 1.32 bits per heavy atom. The van der Waals surface area contributed by atoms with Crippen molar-refractivity contribution in [2.24, 2.45) is 5.92 Å². The van der Waals surface area contributed by atoms with E-state index < -0.39 is 0 Å². The molecule has 0 radical (unpaired) electrons. The molecule has 0 aliphatic carbocycles. The molecule has 0 bridgehead atoms. The van der Waals surface area contributed by atoms with Crippen LogP contribution in [0.5, 0.6) is 0 Å². The van der Waals surface area contributed by atoms with E-state index in [-0.39, 0.29) is 5.91 Å². The van der Waals surface area contributed by atoms with Gasteiger partial charge in [-0.15, -0.1) is 11.3 Å². The molecule has 0 unspecified atom stereocenters. The van der Waals surface area contributed by atoms with Gasteiger partial charge in [-0.2, -0.15) is 0 Å². The molecule has 0 N–H and O–H groups in total. The number of carbonyl (C=O) groups is 1. The van der Waals surface area contributed by atoms with Gasteiger partial charge in [-0.25, -0.2) is 4.98 Å². The van der Waals surface area contributed by atoms with Crippen molar-refractivity contribution >= 4 is 17.2 Å². The van der Waals surface area contributed by atoms with E-state index in [1.165, 1.54) is 16.9 Å². The van der Waals surface area contributed by atoms with E-state index in [9.17, 15) is 4.79 Å². The van der Waals surface area contributed by atoms with E-state index in [0.29, 0.717) is 5.92 Å². The van der Waals surface area contributed by atoms with Crippen LogP contribution < -0.4 is 0 Å². The fraction of sp³-hybridized carbons (Fsp3) is 0.471. The number of aryl methyl sites for hydroxylation is 2. The first-order valence-corrected chi connectivity index (χ1v) is 8.62. The van der Waals surface area contributed by atoms with Crippen LogP contribution in [0, 0.1) is 19.8 Å². The van der Waals surface area contributed by atoms with Crippen molar-refractivity contribution in [3.8, 4) is 0 Å². The molecule has 3 rings (SSSR count). The number of hydrogen-bond acceptors (Lipinski definition) is 4. The number of pyridine rings is 1. The van der Waals surface area contributed by atoms with Gasteiger partial charge in [0.05, 0.1) is 11.2 Å². The van der Waals surface area contributed by atoms with Crippen molar-refractivity contribution in [2.75, 3.05) is 13.1 Å². The topological polar surface area (TPSA) is 46.1 Å². The molecule has 1 aliphatic rings. The highest BCUT2D eigenvalue weighted by Gasteiger charge is 2.25. The van der Waals surface area contributed by atoms with Crippen molar-refractivity contribution in [2.45, 2.75) is 33.1 Å². The molecule has 3 heterocycles. The first kappa shape index (κ1) is 15.2. The lowest BCUT2D eigenvalue weighted by Crippen LogP contribution is -2.38. The summed E-state index contributed by atoms with van der Waals surface area (Å²) in [5.41, 5.74) is 5.03. The van der Waals surface area contributed by atoms with Gasteiger partial charge in [-0.3, -0.25) is 9.78 Å². The van der Waals surface area contributed by atoms with Crippen molar-refractivity contribution < 1.29 is 4.79 Å². The van der Waals surface area contributed by atoms with Gasteiger partial charge in [0.15, 0.2) is 0 Å². The summed E-state index contributed by atoms with van der Waals surface area (Å²) in [6, 6.07) is 4.27. The molecule has 0 spiro atoms. The van der Waals surface area contributed by atoms with Crippen molar-refractivity contribution in [3.05, 3.63) is 45.7 Å². The number of amides is 1. The number of rotatable bonds is 3. The second-order valence-corrected chi connectivity index (χ2v) is 6.87. The Balaban J connectivity index is 1.56. The lowest BCUT2D eigenvalue weighted by Gasteiger charge is -2.32. The lowest BCUT2D eigenvalue weighted by atomic mass is 9.90. The summed E-state index contributed by atoms with van der Waals surface area (Å²) in [6.07, 6.45) is 5.12. The Labute approximate surface area is 135 Å². The third-order valence-corrected chi connectivity index (χ3v) is 5.24. The summed E-state index contributed by atoms with van der Waals surface area (Å²) in [4.78, 5) is 23.7. The van der Waals surface area contributed by atoms with Gasteiger partial charge in [0.1, 0.15) is 4.88 Å². The highest BCUT2D eigenvalue weighted by Crippen LogP contribution is 2.24. The minimum absolute atomic E-state index is 0.151. The van der Waals surface area contributed by atoms with Gasteiger partial charge in [0.2, 0.25) is 0 Å². The maximum atomic E-state index is 12.5. The molecule has 0 aromatic carbocycles. The highest BCUT2D eigenvalue weighted by molar-refractivity contribution is 7.11. The molecule has 22 heavy (non-hydrogen) atoms. The van der Waals surface area contributed by atoms with E-state index in [1.807, 2.05) is 24.9 Å². The third-order valence-electron chi connectivity index (χ3n) is 4.33. The van der Waals surface area contributed by atoms with Gasteiger partial charge < -0.3 is 4.90 Å². The maximum absolute atomic E-state index is 12.5. The molecule has 1 saturated heterocycles. The Morgan fingerprint density at radius 3 is 2.73 bits per heavy atom. The largest absolute Gasteiger partial charge is 0.338 e. The second-order valence-electron chi connectivity index (χ2n) is 6.01. The van der Waals surface area contributed by atoms with E-state index in [1.54, 1.807) is 5.51 Å². The van der Waals surface area contributed by atoms with E-state index in [2.05, 4.69) is 22.1 Å². The predicted molar refractivity (Wildman–Crippen MR) is 88.2 cm³/mol. The molecule has 1 amide bonds. The zero-order chi connectivity index (χ0) is 15.5. The van der Waals surface area contributed by atoms with Crippen LogP contribution in [0.1, 0.15) is 39.5 Å². The Morgan fingerprint density at radius 2 is 2.09 bits per heavy atom. The van der Waals surface area contributed by atoms with Crippen molar-refractivity contribution in [3.63, 3.8) is 0 Å². The molecule has 4 nitrogen and oxygen atoms in total. The quantitative estimate of drug-likeness (QED) is 0.873. The molecule has 2 aromatic heterocycles. The molecular weight excluding hydrogens is 294 g/mol. The molecule has 2 aromatic rings. The van der Waals surface area contributed by atoms with Crippen molar-refractivity contribution in [1.82, 2.24) is 14.9 Å². The molecule has 0 saturated carbocycles. The summed E-state index contributed by atoms with van der Waals surface area (Å²) in [6.45, 7) is 5.64. The normalized spacial score (nSPS) is 16.0. The average molecular weight is 315 g/mol. The number of thiazole rings is 1. The number of hydrogen-bond donors (Lipinski definition) is 0. The fourth-order valence-corrected chi connectivity index (χ4v) is 3.82. The van der Waals surface area contributed by atoms with Gasteiger partial charge >= 0.3 is 0 Å². The Bertz CT molecular complexity index is 659. The monoisotopic (exact) mass is 315 g/mol. The van der Waals surface area contributed by atoms with Gasteiger partial charge in [0, 0.05) is 25.0 Å². The first-order valence-electron chi connectivity index (χ1n) is 7.74. The van der Waals surface area contributed by atoms with Gasteiger partial charge in [-0.1, -0.05) is 0 Å². The molecule has 1 aliphatic heterocycles. The number of nitrogens with zero attached hydrogens (tertiary/aromatic N) is 3. The molecule has 5 heteroatoms. The minimum atomic E-state index is 0.151. The number of piperidine rings is 1. The standard InChI is InChI=1S/C17H21N3OS/c1-12-9-15(3-6-18-12)10-14-4-7-20(8-5-14)17(21)16-13(2)19-11-22-16/h3,6,9,11,14H,4-5,7-8,10H2,1-2H3. The number of likely N-dealkylation sites (tertiary alicyclic amines) is 1. The van der Waals surface area contributed by atoms with Crippen molar-refractivity contribution in [1.29, 1.82) is 0 Å². The summed E-state index contributed by atoms with van der Waals surface area (Å²) < 4.78 is 0. The number of carbonyl (C=O) groups excluding carboxylic acids is 1. The fourth-order valence-electron chi connectivity index (χ4n) is 3.06. The van der Waals surface area contributed by atoms with Crippen LogP contribution in [-0.4, -0.2) is 33.9 Å². The highest BCUT2D eigenvalue weighted by atomic mass is 32.1. The summed E-state index contributed by atoms with van der Waals surface area (Å²) in [5, 5.41) is 0. The molecule has 1 fully saturated rings. The van der Waals surface area contributed by atoms with Crippen LogP contribution in [0.3, 0.4) is 0 Å². The van der Waals surface area contributed by atoms with E-state index in [4.69, 9.17) is 0 Å². The summed E-state index contributed by atoms with van der Waals surface area (Å²) in [7, 11) is 0. The second kappa shape index (κ2) is 6.57. The molecule has 0 atom stereocenters. The van der Waals surface area contributed by atoms with Gasteiger partial charge in [-0.05, 0) is 56.7 Å². The van der Waals surface area contributed by atoms with Crippen LogP contribution in [0.4, 0.5) is 0 Å². The molecular formula is C17H21N3OS. The SMILES string of the molecule is Cc1cc(CC2CCN(C(=O)c3scnc3C)CC2)ccn1. The third kappa shape index (κ3) is 3.35. The summed E-state index contributed by atoms with van der Waals surface area (Å²) >= 11 is 1.45. The zero-order valence-corrected chi connectivity index (χ0v) is 13.9. The number of aromatic nitrogens is 2. The predicted octanol–water partition coefficient (Wildman–Crippen LogP) is 3.25. The first-order chi connectivity index (χ1) is 10.6. The zero-order valence-electron chi connectivity index (χ0n) is 13.1. The maximum Gasteiger partial charge on any atom is 0.265 e. The van der Waals surface area contributed by atoms with Gasteiger partial charge in [0.25, 0.3) is 5.91 Å². The lowest BCUT2D eigenvalue weighted by molar-refractivity contribution is 0.0694. The smallest absolute Gasteiger partial charge is 0.265 e. The average Bonchev–Trinajstić information content (AvgIpc) is 2.93. The van der Waals surface area contributed by atoms with Crippen LogP contribution in [-0.2, 0) is 6.42 Å². The van der Waals surface area contributed by atoms with E-state index in [0.717, 1.165) is 48.6 Å². The van der Waals surface area contributed by atoms with Crippen LogP contribution in [0.25, 0.3) is 0 Å². The Hall–Kier alpha value is -1.75. The van der Waals surface area contributed by atoms with E-state index >= 15 is 0 Å². The summed E-state index contributed by atoms with van der Waals surface area (Å²) in [5.74, 6) is 0.812. The minimum Gasteiger partial charge on any atom is -0.338 e. The van der Waals surface area contributed by atoms with Crippen LogP contribution in [0.15, 0.2) is 23.8 Å².